The minimum atomic E-state index is 0.226. The fourth-order valence-corrected chi connectivity index (χ4v) is 5.71. The van der Waals surface area contributed by atoms with Gasteiger partial charge < -0.3 is 14.7 Å². The molecule has 2 unspecified atom stereocenters. The fraction of sp³-hybridized carbons (Fsp3) is 0.640. The highest BCUT2D eigenvalue weighted by molar-refractivity contribution is 5.95. The Kier molecular flexibility index (Phi) is 5.15. The zero-order valence-electron chi connectivity index (χ0n) is 17.9. The maximum Gasteiger partial charge on any atom is 0.253 e. The lowest BCUT2D eigenvalue weighted by Crippen LogP contribution is -2.46. The molecule has 0 radical (unpaired) electrons. The van der Waals surface area contributed by atoms with Crippen LogP contribution in [0, 0.1) is 11.8 Å². The van der Waals surface area contributed by atoms with E-state index in [0.29, 0.717) is 12.0 Å². The van der Waals surface area contributed by atoms with Crippen LogP contribution in [0.5, 0.6) is 0 Å². The molecule has 3 fully saturated rings. The summed E-state index contributed by atoms with van der Waals surface area (Å²) in [6, 6.07) is 7.06. The van der Waals surface area contributed by atoms with Crippen LogP contribution in [0.1, 0.15) is 60.9 Å². The number of hydrogen-bond donors (Lipinski definition) is 0. The van der Waals surface area contributed by atoms with E-state index in [1.165, 1.54) is 43.6 Å². The van der Waals surface area contributed by atoms with Crippen LogP contribution in [-0.2, 0) is 0 Å². The van der Waals surface area contributed by atoms with Gasteiger partial charge in [-0.05, 0) is 67.7 Å². The van der Waals surface area contributed by atoms with Crippen molar-refractivity contribution in [3.8, 4) is 0 Å². The van der Waals surface area contributed by atoms with Crippen molar-refractivity contribution in [1.29, 1.82) is 0 Å². The summed E-state index contributed by atoms with van der Waals surface area (Å²) in [6.45, 7) is 12.6. The molecule has 4 nitrogen and oxygen atoms in total. The number of nitrogens with zero attached hydrogens (tertiary/aromatic N) is 3. The van der Waals surface area contributed by atoms with Crippen LogP contribution in [0.15, 0.2) is 30.9 Å². The molecule has 0 aromatic heterocycles. The van der Waals surface area contributed by atoms with Crippen LogP contribution < -0.4 is 4.90 Å². The zero-order valence-corrected chi connectivity index (χ0v) is 17.9. The molecule has 1 saturated carbocycles. The van der Waals surface area contributed by atoms with Crippen LogP contribution in [0.25, 0.3) is 0 Å². The molecule has 3 heterocycles. The molecule has 156 valence electrons. The van der Waals surface area contributed by atoms with E-state index in [-0.39, 0.29) is 5.91 Å². The van der Waals surface area contributed by atoms with Crippen molar-refractivity contribution < 1.29 is 4.79 Å². The molecule has 4 aliphatic rings. The standard InChI is InChI=1S/C25H35N3O/c1-3-11-28-23-7-6-20(25(29)27-13-8-18(2)9-14-27)15-21(23)22-17-26(12-10-24(22)28)16-19-4-5-19/h3,6-7,15,18-19,22,24H,1,4-5,8-14,16-17H2,2H3. The lowest BCUT2D eigenvalue weighted by molar-refractivity contribution is 0.0697. The minimum Gasteiger partial charge on any atom is -0.364 e. The van der Waals surface area contributed by atoms with Crippen molar-refractivity contribution in [3.63, 3.8) is 0 Å². The van der Waals surface area contributed by atoms with Crippen LogP contribution in [-0.4, -0.2) is 61.0 Å². The molecule has 4 heteroatoms. The third kappa shape index (κ3) is 3.72. The molecule has 1 aliphatic carbocycles. The smallest absolute Gasteiger partial charge is 0.253 e. The number of anilines is 1. The molecule has 0 spiro atoms. The van der Waals surface area contributed by atoms with Gasteiger partial charge in [0, 0.05) is 62.5 Å². The number of amides is 1. The average Bonchev–Trinajstić information content (AvgIpc) is 3.51. The van der Waals surface area contributed by atoms with Crippen LogP contribution in [0.4, 0.5) is 5.69 Å². The van der Waals surface area contributed by atoms with Crippen LogP contribution >= 0.6 is 0 Å². The second-order valence-electron chi connectivity index (χ2n) is 9.85. The lowest BCUT2D eigenvalue weighted by Gasteiger charge is -2.38. The molecule has 3 aliphatic heterocycles. The third-order valence-corrected chi connectivity index (χ3v) is 7.65. The van der Waals surface area contributed by atoms with E-state index >= 15 is 0 Å². The number of carbonyl (C=O) groups excluding carboxylic acids is 1. The second kappa shape index (κ2) is 7.79. The number of carbonyl (C=O) groups is 1. The normalized spacial score (nSPS) is 27.6. The Balaban J connectivity index is 1.40. The highest BCUT2D eigenvalue weighted by atomic mass is 16.2. The molecule has 0 N–H and O–H groups in total. The number of piperidine rings is 2. The van der Waals surface area contributed by atoms with Crippen molar-refractivity contribution >= 4 is 11.6 Å². The molecule has 29 heavy (non-hydrogen) atoms. The van der Waals surface area contributed by atoms with Crippen LogP contribution in [0.2, 0.25) is 0 Å². The number of benzene rings is 1. The van der Waals surface area contributed by atoms with E-state index < -0.39 is 0 Å². The van der Waals surface area contributed by atoms with Gasteiger partial charge in [0.1, 0.15) is 0 Å². The van der Waals surface area contributed by atoms with Gasteiger partial charge in [-0.2, -0.15) is 0 Å². The van der Waals surface area contributed by atoms with Gasteiger partial charge >= 0.3 is 0 Å². The Morgan fingerprint density at radius 3 is 2.66 bits per heavy atom. The summed E-state index contributed by atoms with van der Waals surface area (Å²) >= 11 is 0. The second-order valence-corrected chi connectivity index (χ2v) is 9.85. The largest absolute Gasteiger partial charge is 0.364 e. The van der Waals surface area contributed by atoms with E-state index in [9.17, 15) is 4.79 Å². The van der Waals surface area contributed by atoms with Gasteiger partial charge in [0.15, 0.2) is 0 Å². The first-order valence-corrected chi connectivity index (χ1v) is 11.7. The van der Waals surface area contributed by atoms with Gasteiger partial charge in [-0.3, -0.25) is 4.79 Å². The maximum atomic E-state index is 13.2. The average molecular weight is 394 g/mol. The first kappa shape index (κ1) is 19.2. The quantitative estimate of drug-likeness (QED) is 0.704. The molecule has 2 saturated heterocycles. The number of fused-ring (bicyclic) bond motifs is 3. The lowest BCUT2D eigenvalue weighted by atomic mass is 9.88. The van der Waals surface area contributed by atoms with Gasteiger partial charge in [-0.15, -0.1) is 6.58 Å². The van der Waals surface area contributed by atoms with Gasteiger partial charge in [0.05, 0.1) is 0 Å². The summed E-state index contributed by atoms with van der Waals surface area (Å²) in [5, 5.41) is 0. The Bertz CT molecular complexity index is 778. The number of rotatable bonds is 5. The Labute approximate surface area is 175 Å². The fourth-order valence-electron chi connectivity index (χ4n) is 5.71. The van der Waals surface area contributed by atoms with Crippen molar-refractivity contribution in [2.75, 3.05) is 44.2 Å². The first-order chi connectivity index (χ1) is 14.1. The topological polar surface area (TPSA) is 26.8 Å². The highest BCUT2D eigenvalue weighted by Gasteiger charge is 2.42. The van der Waals surface area contributed by atoms with Gasteiger partial charge in [-0.25, -0.2) is 0 Å². The van der Waals surface area contributed by atoms with Crippen molar-refractivity contribution in [1.82, 2.24) is 9.80 Å². The van der Waals surface area contributed by atoms with Gasteiger partial charge in [0.25, 0.3) is 5.91 Å². The SMILES string of the molecule is C=CCN1c2ccc(C(=O)N3CCC(C)CC3)cc2C2CN(CC3CC3)CCC21. The molecule has 1 amide bonds. The zero-order chi connectivity index (χ0) is 20.0. The molecular weight excluding hydrogens is 358 g/mol. The Morgan fingerprint density at radius 1 is 1.14 bits per heavy atom. The molecule has 5 rings (SSSR count). The molecule has 1 aromatic rings. The van der Waals surface area contributed by atoms with E-state index in [1.54, 1.807) is 0 Å². The summed E-state index contributed by atoms with van der Waals surface area (Å²) < 4.78 is 0. The van der Waals surface area contributed by atoms with Gasteiger partial charge in [-0.1, -0.05) is 13.0 Å². The van der Waals surface area contributed by atoms with Crippen LogP contribution in [0.3, 0.4) is 0 Å². The molecule has 2 atom stereocenters. The first-order valence-electron chi connectivity index (χ1n) is 11.7. The molecule has 1 aromatic carbocycles. The predicted octanol–water partition coefficient (Wildman–Crippen LogP) is 4.13. The van der Waals surface area contributed by atoms with E-state index in [4.69, 9.17) is 0 Å². The number of likely N-dealkylation sites (tertiary alicyclic amines) is 2. The molecule has 0 bridgehead atoms. The number of hydrogen-bond acceptors (Lipinski definition) is 3. The minimum absolute atomic E-state index is 0.226. The van der Waals surface area contributed by atoms with Crippen molar-refractivity contribution in [2.24, 2.45) is 11.8 Å². The monoisotopic (exact) mass is 393 g/mol. The van der Waals surface area contributed by atoms with E-state index in [2.05, 4.69) is 46.4 Å². The van der Waals surface area contributed by atoms with E-state index in [1.807, 2.05) is 6.08 Å². The maximum absolute atomic E-state index is 13.2. The summed E-state index contributed by atoms with van der Waals surface area (Å²) in [5.74, 6) is 2.42. The Morgan fingerprint density at radius 2 is 1.93 bits per heavy atom. The summed E-state index contributed by atoms with van der Waals surface area (Å²) in [4.78, 5) is 20.5. The van der Waals surface area contributed by atoms with Gasteiger partial charge in [0.2, 0.25) is 0 Å². The Hall–Kier alpha value is -1.81. The van der Waals surface area contributed by atoms with Crippen molar-refractivity contribution in [3.05, 3.63) is 42.0 Å². The predicted molar refractivity (Wildman–Crippen MR) is 119 cm³/mol. The van der Waals surface area contributed by atoms with Crippen molar-refractivity contribution in [2.45, 2.75) is 51.0 Å². The highest BCUT2D eigenvalue weighted by Crippen LogP contribution is 2.45. The van der Waals surface area contributed by atoms with E-state index in [0.717, 1.165) is 56.4 Å². The summed E-state index contributed by atoms with van der Waals surface area (Å²) in [7, 11) is 0. The molecular formula is C25H35N3O. The third-order valence-electron chi connectivity index (χ3n) is 7.65. The summed E-state index contributed by atoms with van der Waals surface area (Å²) in [6.07, 6.45) is 8.33. The summed E-state index contributed by atoms with van der Waals surface area (Å²) in [5.41, 5.74) is 3.61.